The standard InChI is InChI=1S/C12H15N3O2S2/c1-7-6-15(3-4-18-7)11-9(12(16)17-2)10(14)8(5-13)19-11/h7H,3-4,6,14H2,1-2H3. The second-order valence-corrected chi connectivity index (χ2v) is 6.80. The average molecular weight is 297 g/mol. The van der Waals surface area contributed by atoms with Crippen LogP contribution in [0.5, 0.6) is 0 Å². The number of nitriles is 1. The summed E-state index contributed by atoms with van der Waals surface area (Å²) in [5.74, 6) is 0.526. The number of carbonyl (C=O) groups excluding carboxylic acids is 1. The van der Waals surface area contributed by atoms with Crippen molar-refractivity contribution in [3.63, 3.8) is 0 Å². The largest absolute Gasteiger partial charge is 0.465 e. The van der Waals surface area contributed by atoms with Gasteiger partial charge in [0.25, 0.3) is 0 Å². The van der Waals surface area contributed by atoms with Crippen LogP contribution in [0.1, 0.15) is 22.2 Å². The van der Waals surface area contributed by atoms with Gasteiger partial charge in [0.2, 0.25) is 0 Å². The van der Waals surface area contributed by atoms with Crippen LogP contribution in [-0.2, 0) is 4.74 Å². The van der Waals surface area contributed by atoms with Gasteiger partial charge in [-0.3, -0.25) is 0 Å². The maximum atomic E-state index is 11.9. The molecule has 2 heterocycles. The Morgan fingerprint density at radius 1 is 1.63 bits per heavy atom. The van der Waals surface area contributed by atoms with Gasteiger partial charge in [0.1, 0.15) is 21.5 Å². The van der Waals surface area contributed by atoms with Crippen LogP contribution < -0.4 is 10.6 Å². The third kappa shape index (κ3) is 2.65. The summed E-state index contributed by atoms with van der Waals surface area (Å²) in [4.78, 5) is 14.4. The van der Waals surface area contributed by atoms with Crippen LogP contribution in [-0.4, -0.2) is 37.2 Å². The highest BCUT2D eigenvalue weighted by molar-refractivity contribution is 8.00. The first-order valence-electron chi connectivity index (χ1n) is 5.85. The first kappa shape index (κ1) is 14.0. The molecule has 1 unspecified atom stereocenters. The Balaban J connectivity index is 2.44. The van der Waals surface area contributed by atoms with Gasteiger partial charge in [0.05, 0.1) is 12.8 Å². The normalized spacial score (nSPS) is 19.0. The van der Waals surface area contributed by atoms with Gasteiger partial charge in [0.15, 0.2) is 0 Å². The third-order valence-corrected chi connectivity index (χ3v) is 5.25. The third-order valence-electron chi connectivity index (χ3n) is 2.95. The Morgan fingerprint density at radius 3 is 2.95 bits per heavy atom. The van der Waals surface area contributed by atoms with Crippen LogP contribution in [0.3, 0.4) is 0 Å². The number of rotatable bonds is 2. The fraction of sp³-hybridized carbons (Fsp3) is 0.500. The number of thiophene rings is 1. The molecule has 1 aliphatic rings. The van der Waals surface area contributed by atoms with Crippen molar-refractivity contribution >= 4 is 39.8 Å². The molecule has 0 aliphatic carbocycles. The quantitative estimate of drug-likeness (QED) is 0.840. The van der Waals surface area contributed by atoms with E-state index < -0.39 is 5.97 Å². The molecule has 1 atom stereocenters. The molecule has 1 aromatic heterocycles. The van der Waals surface area contributed by atoms with Gasteiger partial charge in [-0.25, -0.2) is 4.79 Å². The summed E-state index contributed by atoms with van der Waals surface area (Å²) in [6, 6.07) is 2.04. The molecule has 2 N–H and O–H groups in total. The number of esters is 1. The molecule has 102 valence electrons. The molecule has 0 saturated carbocycles. The Bertz CT molecular complexity index is 536. The van der Waals surface area contributed by atoms with Crippen molar-refractivity contribution in [2.75, 3.05) is 36.6 Å². The lowest BCUT2D eigenvalue weighted by atomic mass is 10.2. The molecule has 1 saturated heterocycles. The average Bonchev–Trinajstić information content (AvgIpc) is 2.75. The van der Waals surface area contributed by atoms with Crippen LogP contribution in [0.15, 0.2) is 0 Å². The Labute approximate surface area is 120 Å². The monoisotopic (exact) mass is 297 g/mol. The molecule has 0 aromatic carbocycles. The van der Waals surface area contributed by atoms with Gasteiger partial charge >= 0.3 is 5.97 Å². The molecule has 0 bridgehead atoms. The summed E-state index contributed by atoms with van der Waals surface area (Å²) in [6.45, 7) is 3.85. The zero-order chi connectivity index (χ0) is 14.0. The van der Waals surface area contributed by atoms with E-state index in [9.17, 15) is 4.79 Å². The number of methoxy groups -OCH3 is 1. The molecular formula is C12H15N3O2S2. The van der Waals surface area contributed by atoms with Crippen molar-refractivity contribution in [3.8, 4) is 6.07 Å². The molecule has 1 aromatic rings. The molecule has 1 aliphatic heterocycles. The molecule has 5 nitrogen and oxygen atoms in total. The Morgan fingerprint density at radius 2 is 2.37 bits per heavy atom. The molecule has 0 amide bonds. The number of carbonyl (C=O) groups is 1. The summed E-state index contributed by atoms with van der Waals surface area (Å²) in [5.41, 5.74) is 6.46. The maximum Gasteiger partial charge on any atom is 0.343 e. The lowest BCUT2D eigenvalue weighted by Gasteiger charge is -2.31. The van der Waals surface area contributed by atoms with Crippen molar-refractivity contribution < 1.29 is 9.53 Å². The van der Waals surface area contributed by atoms with E-state index in [1.807, 2.05) is 17.8 Å². The Hall–Kier alpha value is -1.39. The first-order valence-corrected chi connectivity index (χ1v) is 7.72. The molecule has 1 fully saturated rings. The highest BCUT2D eigenvalue weighted by Crippen LogP contribution is 2.39. The van der Waals surface area contributed by atoms with E-state index in [1.54, 1.807) is 0 Å². The van der Waals surface area contributed by atoms with Crippen LogP contribution in [0, 0.1) is 11.3 Å². The number of ether oxygens (including phenoxy) is 1. The van der Waals surface area contributed by atoms with E-state index in [1.165, 1.54) is 18.4 Å². The Kier molecular flexibility index (Phi) is 4.22. The smallest absolute Gasteiger partial charge is 0.343 e. The highest BCUT2D eigenvalue weighted by atomic mass is 32.2. The van der Waals surface area contributed by atoms with E-state index in [-0.39, 0.29) is 5.69 Å². The second-order valence-electron chi connectivity index (χ2n) is 4.26. The van der Waals surface area contributed by atoms with Crippen LogP contribution in [0.4, 0.5) is 10.7 Å². The fourth-order valence-electron chi connectivity index (χ4n) is 2.04. The van der Waals surface area contributed by atoms with Crippen molar-refractivity contribution in [1.29, 1.82) is 5.26 Å². The van der Waals surface area contributed by atoms with Crippen molar-refractivity contribution in [2.45, 2.75) is 12.2 Å². The summed E-state index contributed by atoms with van der Waals surface area (Å²) in [7, 11) is 1.32. The van der Waals surface area contributed by atoms with Gasteiger partial charge in [-0.1, -0.05) is 6.92 Å². The van der Waals surface area contributed by atoms with E-state index in [0.717, 1.165) is 23.8 Å². The minimum absolute atomic E-state index is 0.236. The van der Waals surface area contributed by atoms with E-state index in [0.29, 0.717) is 15.7 Å². The van der Waals surface area contributed by atoms with E-state index in [2.05, 4.69) is 11.8 Å². The second kappa shape index (κ2) is 5.72. The molecule has 2 rings (SSSR count). The van der Waals surface area contributed by atoms with Crippen molar-refractivity contribution in [1.82, 2.24) is 0 Å². The molecule has 0 spiro atoms. The predicted octanol–water partition coefficient (Wildman–Crippen LogP) is 1.93. The minimum atomic E-state index is -0.476. The maximum absolute atomic E-state index is 11.9. The number of nitrogens with zero attached hydrogens (tertiary/aromatic N) is 2. The number of hydrogen-bond donors (Lipinski definition) is 1. The van der Waals surface area contributed by atoms with Crippen LogP contribution in [0.2, 0.25) is 0 Å². The number of nitrogens with two attached hydrogens (primary N) is 1. The SMILES string of the molecule is COC(=O)c1c(N2CCSC(C)C2)sc(C#N)c1N. The van der Waals surface area contributed by atoms with Gasteiger partial charge < -0.3 is 15.4 Å². The van der Waals surface area contributed by atoms with Gasteiger partial charge in [0, 0.05) is 24.1 Å². The summed E-state index contributed by atoms with van der Waals surface area (Å²) < 4.78 is 4.78. The predicted molar refractivity (Wildman–Crippen MR) is 78.9 cm³/mol. The lowest BCUT2D eigenvalue weighted by Crippen LogP contribution is -2.36. The van der Waals surface area contributed by atoms with Crippen LogP contribution in [0.25, 0.3) is 0 Å². The van der Waals surface area contributed by atoms with Gasteiger partial charge in [-0.15, -0.1) is 11.3 Å². The van der Waals surface area contributed by atoms with Crippen molar-refractivity contribution in [2.24, 2.45) is 0 Å². The van der Waals surface area contributed by atoms with Crippen molar-refractivity contribution in [3.05, 3.63) is 10.4 Å². The number of thioether (sulfide) groups is 1. The van der Waals surface area contributed by atoms with E-state index in [4.69, 9.17) is 15.7 Å². The van der Waals surface area contributed by atoms with Gasteiger partial charge in [-0.05, 0) is 0 Å². The topological polar surface area (TPSA) is 79.3 Å². The molecule has 0 radical (unpaired) electrons. The zero-order valence-corrected chi connectivity index (χ0v) is 12.4. The summed E-state index contributed by atoms with van der Waals surface area (Å²) in [6.07, 6.45) is 0. The fourth-order valence-corrected chi connectivity index (χ4v) is 4.09. The zero-order valence-electron chi connectivity index (χ0n) is 10.8. The summed E-state index contributed by atoms with van der Waals surface area (Å²) >= 11 is 3.17. The van der Waals surface area contributed by atoms with E-state index >= 15 is 0 Å². The molecule has 19 heavy (non-hydrogen) atoms. The minimum Gasteiger partial charge on any atom is -0.465 e. The number of hydrogen-bond acceptors (Lipinski definition) is 7. The summed E-state index contributed by atoms with van der Waals surface area (Å²) in [5, 5.41) is 10.3. The first-order chi connectivity index (χ1) is 9.08. The molecule has 7 heteroatoms. The van der Waals surface area contributed by atoms with Crippen LogP contribution >= 0.6 is 23.1 Å². The lowest BCUT2D eigenvalue weighted by molar-refractivity contribution is 0.0603. The molecular weight excluding hydrogens is 282 g/mol. The van der Waals surface area contributed by atoms with Gasteiger partial charge in [-0.2, -0.15) is 17.0 Å². The highest BCUT2D eigenvalue weighted by Gasteiger charge is 2.28. The number of nitrogen functional groups attached to an aromatic ring is 1. The number of anilines is 2.